The van der Waals surface area contributed by atoms with Gasteiger partial charge in [-0.1, -0.05) is 36.4 Å². The number of pyridine rings is 1. The van der Waals surface area contributed by atoms with Gasteiger partial charge in [0.05, 0.1) is 16.9 Å². The van der Waals surface area contributed by atoms with Crippen molar-refractivity contribution in [1.29, 1.82) is 0 Å². The van der Waals surface area contributed by atoms with E-state index in [4.69, 9.17) is 4.98 Å². The highest BCUT2D eigenvalue weighted by atomic mass is 19.1. The molecule has 0 amide bonds. The largest absolute Gasteiger partial charge is 0.348 e. The summed E-state index contributed by atoms with van der Waals surface area (Å²) in [4.78, 5) is 17.3. The predicted octanol–water partition coefficient (Wildman–Crippen LogP) is 4.58. The van der Waals surface area contributed by atoms with Gasteiger partial charge in [0.25, 0.3) is 0 Å². The Labute approximate surface area is 165 Å². The Kier molecular flexibility index (Phi) is 4.02. The predicted molar refractivity (Wildman–Crippen MR) is 110 cm³/mol. The molecule has 5 nitrogen and oxygen atoms in total. The SMILES string of the molecule is O=c1[nH]nc(-c2cc(-c3ccc(F)cc3)nc3ccccc23)n1-c1ccccc1. The minimum atomic E-state index is -0.324. The number of nitrogens with zero attached hydrogens (tertiary/aromatic N) is 3. The van der Waals surface area contributed by atoms with E-state index in [0.29, 0.717) is 17.2 Å². The average Bonchev–Trinajstić information content (AvgIpc) is 3.15. The van der Waals surface area contributed by atoms with Crippen LogP contribution in [0.1, 0.15) is 0 Å². The molecular formula is C23H15FN4O. The van der Waals surface area contributed by atoms with Gasteiger partial charge in [0.2, 0.25) is 0 Å². The third-order valence-corrected chi connectivity index (χ3v) is 4.78. The van der Waals surface area contributed by atoms with Crippen LogP contribution in [0.5, 0.6) is 0 Å². The second-order valence-electron chi connectivity index (χ2n) is 6.60. The summed E-state index contributed by atoms with van der Waals surface area (Å²) in [5.74, 6) is 0.183. The minimum absolute atomic E-state index is 0.306. The molecule has 0 aliphatic rings. The molecule has 0 aliphatic heterocycles. The van der Waals surface area contributed by atoms with E-state index in [9.17, 15) is 9.18 Å². The molecule has 2 heterocycles. The first-order valence-corrected chi connectivity index (χ1v) is 9.10. The van der Waals surface area contributed by atoms with Gasteiger partial charge in [-0.15, -0.1) is 0 Å². The molecule has 140 valence electrons. The zero-order chi connectivity index (χ0) is 19.8. The quantitative estimate of drug-likeness (QED) is 0.497. The highest BCUT2D eigenvalue weighted by molar-refractivity contribution is 5.95. The van der Waals surface area contributed by atoms with E-state index in [2.05, 4.69) is 10.2 Å². The van der Waals surface area contributed by atoms with Crippen molar-refractivity contribution in [2.75, 3.05) is 0 Å². The van der Waals surface area contributed by atoms with Crippen molar-refractivity contribution in [2.45, 2.75) is 0 Å². The fraction of sp³-hybridized carbons (Fsp3) is 0. The monoisotopic (exact) mass is 382 g/mol. The molecular weight excluding hydrogens is 367 g/mol. The maximum Gasteiger partial charge on any atom is 0.348 e. The highest BCUT2D eigenvalue weighted by Gasteiger charge is 2.17. The Morgan fingerprint density at radius 1 is 0.862 bits per heavy atom. The topological polar surface area (TPSA) is 63.6 Å². The first-order chi connectivity index (χ1) is 14.2. The summed E-state index contributed by atoms with van der Waals surface area (Å²) < 4.78 is 14.9. The van der Waals surface area contributed by atoms with Crippen LogP contribution in [0.4, 0.5) is 4.39 Å². The molecule has 2 aromatic heterocycles. The second-order valence-corrected chi connectivity index (χ2v) is 6.60. The molecule has 3 aromatic carbocycles. The van der Waals surface area contributed by atoms with Crippen molar-refractivity contribution in [1.82, 2.24) is 19.7 Å². The number of aromatic nitrogens is 4. The lowest BCUT2D eigenvalue weighted by molar-refractivity contribution is 0.628. The number of rotatable bonds is 3. The number of H-pyrrole nitrogens is 1. The zero-order valence-corrected chi connectivity index (χ0v) is 15.2. The Morgan fingerprint density at radius 2 is 1.59 bits per heavy atom. The fourth-order valence-corrected chi connectivity index (χ4v) is 3.42. The Balaban J connectivity index is 1.80. The number of hydrogen-bond acceptors (Lipinski definition) is 3. The Morgan fingerprint density at radius 3 is 2.38 bits per heavy atom. The van der Waals surface area contributed by atoms with Crippen LogP contribution in [-0.4, -0.2) is 19.7 Å². The number of fused-ring (bicyclic) bond motifs is 1. The van der Waals surface area contributed by atoms with Gasteiger partial charge in [0.1, 0.15) is 5.82 Å². The van der Waals surface area contributed by atoms with Crippen molar-refractivity contribution in [3.05, 3.63) is 101 Å². The summed E-state index contributed by atoms with van der Waals surface area (Å²) in [6.45, 7) is 0. The summed E-state index contributed by atoms with van der Waals surface area (Å²) >= 11 is 0. The van der Waals surface area contributed by atoms with Crippen molar-refractivity contribution >= 4 is 10.9 Å². The maximum atomic E-state index is 13.4. The van der Waals surface area contributed by atoms with Gasteiger partial charge in [-0.05, 0) is 48.5 Å². The number of halogens is 1. The lowest BCUT2D eigenvalue weighted by Gasteiger charge is -2.11. The van der Waals surface area contributed by atoms with E-state index in [1.165, 1.54) is 16.7 Å². The van der Waals surface area contributed by atoms with Gasteiger partial charge in [-0.2, -0.15) is 5.10 Å². The van der Waals surface area contributed by atoms with Crippen LogP contribution in [0.2, 0.25) is 0 Å². The van der Waals surface area contributed by atoms with Crippen LogP contribution in [0.3, 0.4) is 0 Å². The van der Waals surface area contributed by atoms with E-state index in [0.717, 1.165) is 22.0 Å². The van der Waals surface area contributed by atoms with Crippen LogP contribution in [0.15, 0.2) is 89.7 Å². The van der Waals surface area contributed by atoms with E-state index in [1.807, 2.05) is 60.7 Å². The molecule has 0 saturated carbocycles. The molecule has 29 heavy (non-hydrogen) atoms. The second kappa shape index (κ2) is 6.83. The van der Waals surface area contributed by atoms with E-state index in [-0.39, 0.29) is 11.5 Å². The van der Waals surface area contributed by atoms with Crippen LogP contribution in [0.25, 0.3) is 39.2 Å². The van der Waals surface area contributed by atoms with Gasteiger partial charge in [-0.3, -0.25) is 0 Å². The van der Waals surface area contributed by atoms with Crippen LogP contribution < -0.4 is 5.69 Å². The van der Waals surface area contributed by atoms with Crippen LogP contribution in [-0.2, 0) is 0 Å². The van der Waals surface area contributed by atoms with Gasteiger partial charge >= 0.3 is 5.69 Å². The van der Waals surface area contributed by atoms with Crippen molar-refractivity contribution in [2.24, 2.45) is 0 Å². The van der Waals surface area contributed by atoms with Gasteiger partial charge in [0, 0.05) is 16.5 Å². The lowest BCUT2D eigenvalue weighted by atomic mass is 10.0. The molecule has 6 heteroatoms. The molecule has 0 saturated heterocycles. The molecule has 0 aliphatic carbocycles. The molecule has 0 unspecified atom stereocenters. The van der Waals surface area contributed by atoms with Gasteiger partial charge < -0.3 is 0 Å². The minimum Gasteiger partial charge on any atom is -0.248 e. The molecule has 5 aromatic rings. The molecule has 0 spiro atoms. The summed E-state index contributed by atoms with van der Waals surface area (Å²) in [5.41, 5.74) is 3.37. The smallest absolute Gasteiger partial charge is 0.248 e. The highest BCUT2D eigenvalue weighted by Crippen LogP contribution is 2.31. The number of hydrogen-bond donors (Lipinski definition) is 1. The van der Waals surface area contributed by atoms with E-state index >= 15 is 0 Å². The number of benzene rings is 3. The third-order valence-electron chi connectivity index (χ3n) is 4.78. The molecule has 0 fully saturated rings. The average molecular weight is 382 g/mol. The summed E-state index contributed by atoms with van der Waals surface area (Å²) in [5, 5.41) is 7.72. The van der Waals surface area contributed by atoms with E-state index in [1.54, 1.807) is 12.1 Å². The molecule has 0 bridgehead atoms. The lowest BCUT2D eigenvalue weighted by Crippen LogP contribution is -2.15. The first-order valence-electron chi connectivity index (χ1n) is 9.10. The summed E-state index contributed by atoms with van der Waals surface area (Å²) in [6, 6.07) is 25.1. The van der Waals surface area contributed by atoms with Gasteiger partial charge in [0.15, 0.2) is 5.82 Å². The maximum absolute atomic E-state index is 13.4. The molecule has 0 radical (unpaired) electrons. The van der Waals surface area contributed by atoms with Crippen molar-refractivity contribution in [3.8, 4) is 28.3 Å². The normalized spacial score (nSPS) is 11.1. The first kappa shape index (κ1) is 17.1. The number of para-hydroxylation sites is 2. The summed E-state index contributed by atoms with van der Waals surface area (Å²) in [6.07, 6.45) is 0. The Hall–Kier alpha value is -4.06. The molecule has 0 atom stereocenters. The molecule has 1 N–H and O–H groups in total. The fourth-order valence-electron chi connectivity index (χ4n) is 3.42. The van der Waals surface area contributed by atoms with Crippen LogP contribution >= 0.6 is 0 Å². The van der Waals surface area contributed by atoms with Crippen LogP contribution in [0, 0.1) is 5.82 Å². The third kappa shape index (κ3) is 3.00. The Bertz CT molecular complexity index is 1370. The van der Waals surface area contributed by atoms with E-state index < -0.39 is 0 Å². The molecule has 5 rings (SSSR count). The van der Waals surface area contributed by atoms with Crippen molar-refractivity contribution < 1.29 is 4.39 Å². The van der Waals surface area contributed by atoms with Gasteiger partial charge in [-0.25, -0.2) is 23.8 Å². The zero-order valence-electron chi connectivity index (χ0n) is 15.2. The summed E-state index contributed by atoms with van der Waals surface area (Å²) in [7, 11) is 0. The number of aromatic amines is 1. The van der Waals surface area contributed by atoms with Crippen molar-refractivity contribution in [3.63, 3.8) is 0 Å². The standard InChI is InChI=1S/C23H15FN4O/c24-16-12-10-15(11-13-16)21-14-19(18-8-4-5-9-20(18)25-21)22-26-27-23(29)28(22)17-6-2-1-3-7-17/h1-14H,(H,27,29). The number of nitrogens with one attached hydrogen (secondary N) is 1.